The maximum atomic E-state index is 12.0. The molecule has 0 saturated heterocycles. The van der Waals surface area contributed by atoms with Crippen LogP contribution in [0.1, 0.15) is 45.4 Å². The molecule has 108 valence electrons. The largest absolute Gasteiger partial charge is 0.480 e. The van der Waals surface area contributed by atoms with Crippen molar-refractivity contribution < 1.29 is 14.7 Å². The van der Waals surface area contributed by atoms with E-state index in [-0.39, 0.29) is 25.0 Å². The second-order valence-corrected chi connectivity index (χ2v) is 6.05. The average Bonchev–Trinajstić information content (AvgIpc) is 3.14. The minimum atomic E-state index is -0.855. The van der Waals surface area contributed by atoms with Crippen LogP contribution in [0.2, 0.25) is 0 Å². The molecule has 2 rings (SSSR count). The maximum absolute atomic E-state index is 12.0. The summed E-state index contributed by atoms with van der Waals surface area (Å²) < 4.78 is 0. The number of hydrogen-bond acceptors (Lipinski definition) is 3. The molecule has 0 unspecified atom stereocenters. The van der Waals surface area contributed by atoms with Crippen molar-refractivity contribution in [3.8, 4) is 0 Å². The molecule has 2 saturated carbocycles. The van der Waals surface area contributed by atoms with Crippen LogP contribution in [0.4, 0.5) is 0 Å². The molecular weight excluding hydrogens is 244 g/mol. The van der Waals surface area contributed by atoms with Gasteiger partial charge < -0.3 is 10.4 Å². The summed E-state index contributed by atoms with van der Waals surface area (Å²) in [5.41, 5.74) is 0. The first kappa shape index (κ1) is 14.3. The molecular formula is C14H24N2O3. The zero-order valence-corrected chi connectivity index (χ0v) is 11.6. The molecule has 19 heavy (non-hydrogen) atoms. The van der Waals surface area contributed by atoms with Crippen LogP contribution in [0, 0.1) is 5.92 Å². The highest BCUT2D eigenvalue weighted by Gasteiger charge is 2.32. The normalized spacial score (nSPS) is 27.3. The summed E-state index contributed by atoms with van der Waals surface area (Å²) in [4.78, 5) is 24.5. The molecule has 2 N–H and O–H groups in total. The van der Waals surface area contributed by atoms with E-state index in [0.29, 0.717) is 6.04 Å². The lowest BCUT2D eigenvalue weighted by atomic mass is 9.87. The molecule has 2 aliphatic rings. The number of carboxylic acid groups (broad SMARTS) is 1. The summed E-state index contributed by atoms with van der Waals surface area (Å²) in [7, 11) is 0. The first-order valence-electron chi connectivity index (χ1n) is 7.30. The molecule has 5 heteroatoms. The Morgan fingerprint density at radius 2 is 1.74 bits per heavy atom. The van der Waals surface area contributed by atoms with Gasteiger partial charge in [0.2, 0.25) is 5.91 Å². The Kier molecular flexibility index (Phi) is 4.80. The summed E-state index contributed by atoms with van der Waals surface area (Å²) >= 11 is 0. The number of aliphatic carboxylic acids is 1. The Labute approximate surface area is 114 Å². The molecule has 0 bridgehead atoms. The monoisotopic (exact) mass is 268 g/mol. The van der Waals surface area contributed by atoms with Gasteiger partial charge in [-0.25, -0.2) is 0 Å². The number of nitrogens with zero attached hydrogens (tertiary/aromatic N) is 1. The predicted molar refractivity (Wildman–Crippen MR) is 71.8 cm³/mol. The van der Waals surface area contributed by atoms with Crippen LogP contribution in [0.5, 0.6) is 0 Å². The van der Waals surface area contributed by atoms with Crippen LogP contribution in [-0.4, -0.2) is 47.1 Å². The van der Waals surface area contributed by atoms with Gasteiger partial charge in [-0.3, -0.25) is 14.5 Å². The first-order chi connectivity index (χ1) is 9.04. The maximum Gasteiger partial charge on any atom is 0.317 e. The van der Waals surface area contributed by atoms with Gasteiger partial charge in [0.1, 0.15) is 0 Å². The summed E-state index contributed by atoms with van der Waals surface area (Å²) in [5.74, 6) is -0.109. The van der Waals surface area contributed by atoms with E-state index in [4.69, 9.17) is 5.11 Å². The summed E-state index contributed by atoms with van der Waals surface area (Å²) in [5, 5.41) is 11.9. The minimum absolute atomic E-state index is 0.0206. The highest BCUT2D eigenvalue weighted by molar-refractivity contribution is 5.79. The smallest absolute Gasteiger partial charge is 0.317 e. The van der Waals surface area contributed by atoms with E-state index in [2.05, 4.69) is 12.2 Å². The van der Waals surface area contributed by atoms with Crippen molar-refractivity contribution in [2.45, 2.75) is 57.5 Å². The lowest BCUT2D eigenvalue weighted by Gasteiger charge is -2.28. The molecule has 0 heterocycles. The van der Waals surface area contributed by atoms with Gasteiger partial charge in [-0.1, -0.05) is 6.92 Å². The van der Waals surface area contributed by atoms with E-state index in [9.17, 15) is 9.59 Å². The lowest BCUT2D eigenvalue weighted by Crippen LogP contribution is -2.45. The average molecular weight is 268 g/mol. The van der Waals surface area contributed by atoms with E-state index < -0.39 is 5.97 Å². The molecule has 2 aliphatic carbocycles. The zero-order valence-electron chi connectivity index (χ0n) is 11.6. The quantitative estimate of drug-likeness (QED) is 0.760. The number of nitrogens with one attached hydrogen (secondary N) is 1. The number of amides is 1. The van der Waals surface area contributed by atoms with Gasteiger partial charge in [0, 0.05) is 12.1 Å². The van der Waals surface area contributed by atoms with Crippen molar-refractivity contribution in [3.05, 3.63) is 0 Å². The molecule has 1 amide bonds. The summed E-state index contributed by atoms with van der Waals surface area (Å²) in [6.07, 6.45) is 6.48. The Morgan fingerprint density at radius 3 is 2.26 bits per heavy atom. The second-order valence-electron chi connectivity index (χ2n) is 6.05. The van der Waals surface area contributed by atoms with Crippen molar-refractivity contribution in [1.29, 1.82) is 0 Å². The molecule has 0 aromatic heterocycles. The summed E-state index contributed by atoms with van der Waals surface area (Å²) in [6.45, 7) is 2.45. The third-order valence-corrected chi connectivity index (χ3v) is 4.13. The molecule has 0 aromatic rings. The van der Waals surface area contributed by atoms with Gasteiger partial charge in [-0.05, 0) is 44.4 Å². The fraction of sp³-hybridized carbons (Fsp3) is 0.857. The molecule has 0 spiro atoms. The number of hydrogen-bond donors (Lipinski definition) is 2. The second kappa shape index (κ2) is 6.37. The first-order valence-corrected chi connectivity index (χ1v) is 7.30. The van der Waals surface area contributed by atoms with Crippen LogP contribution < -0.4 is 5.32 Å². The number of carbonyl (C=O) groups excluding carboxylic acids is 1. The van der Waals surface area contributed by atoms with Gasteiger partial charge in [0.05, 0.1) is 13.1 Å². The van der Waals surface area contributed by atoms with Gasteiger partial charge in [-0.15, -0.1) is 0 Å². The molecule has 0 aromatic carbocycles. The fourth-order valence-corrected chi connectivity index (χ4v) is 2.79. The van der Waals surface area contributed by atoms with E-state index in [0.717, 1.165) is 31.6 Å². The Balaban J connectivity index is 1.74. The van der Waals surface area contributed by atoms with E-state index in [1.54, 1.807) is 4.90 Å². The zero-order chi connectivity index (χ0) is 13.8. The van der Waals surface area contributed by atoms with Gasteiger partial charge in [0.15, 0.2) is 0 Å². The van der Waals surface area contributed by atoms with Crippen molar-refractivity contribution in [2.24, 2.45) is 5.92 Å². The Hall–Kier alpha value is -1.10. The van der Waals surface area contributed by atoms with E-state index >= 15 is 0 Å². The van der Waals surface area contributed by atoms with Crippen LogP contribution in [0.3, 0.4) is 0 Å². The molecule has 0 radical (unpaired) electrons. The van der Waals surface area contributed by atoms with Gasteiger partial charge >= 0.3 is 5.97 Å². The van der Waals surface area contributed by atoms with Crippen LogP contribution in [0.25, 0.3) is 0 Å². The number of carboxylic acids is 1. The fourth-order valence-electron chi connectivity index (χ4n) is 2.79. The van der Waals surface area contributed by atoms with Crippen LogP contribution in [0.15, 0.2) is 0 Å². The Morgan fingerprint density at radius 1 is 1.11 bits per heavy atom. The van der Waals surface area contributed by atoms with Crippen LogP contribution in [-0.2, 0) is 9.59 Å². The third kappa shape index (κ3) is 4.82. The Bertz CT molecular complexity index is 334. The summed E-state index contributed by atoms with van der Waals surface area (Å²) in [6, 6.07) is 0.586. The molecule has 5 nitrogen and oxygen atoms in total. The SMILES string of the molecule is CC1CCC(NC(=O)CN(CC(=O)O)C2CC2)CC1. The highest BCUT2D eigenvalue weighted by atomic mass is 16.4. The number of rotatable bonds is 6. The third-order valence-electron chi connectivity index (χ3n) is 4.13. The topological polar surface area (TPSA) is 69.6 Å². The van der Waals surface area contributed by atoms with Crippen molar-refractivity contribution in [2.75, 3.05) is 13.1 Å². The highest BCUT2D eigenvalue weighted by Crippen LogP contribution is 2.26. The van der Waals surface area contributed by atoms with Crippen molar-refractivity contribution in [3.63, 3.8) is 0 Å². The van der Waals surface area contributed by atoms with E-state index in [1.165, 1.54) is 12.8 Å². The van der Waals surface area contributed by atoms with Gasteiger partial charge in [0.25, 0.3) is 0 Å². The molecule has 0 aliphatic heterocycles. The molecule has 2 fully saturated rings. The van der Waals surface area contributed by atoms with Crippen LogP contribution >= 0.6 is 0 Å². The molecule has 0 atom stereocenters. The van der Waals surface area contributed by atoms with Gasteiger partial charge in [-0.2, -0.15) is 0 Å². The lowest BCUT2D eigenvalue weighted by molar-refractivity contribution is -0.139. The minimum Gasteiger partial charge on any atom is -0.480 e. The van der Waals surface area contributed by atoms with Crippen molar-refractivity contribution in [1.82, 2.24) is 10.2 Å². The number of carbonyl (C=O) groups is 2. The predicted octanol–water partition coefficient (Wildman–Crippen LogP) is 1.23. The standard InChI is InChI=1S/C14H24N2O3/c1-10-2-4-11(5-3-10)15-13(17)8-16(9-14(18)19)12-6-7-12/h10-12H,2-9H2,1H3,(H,15,17)(H,18,19). The van der Waals surface area contributed by atoms with Crippen molar-refractivity contribution >= 4 is 11.9 Å². The van der Waals surface area contributed by atoms with E-state index in [1.807, 2.05) is 0 Å².